The second kappa shape index (κ2) is 7.32. The molecule has 1 aliphatic carbocycles. The third kappa shape index (κ3) is 3.99. The van der Waals surface area contributed by atoms with Gasteiger partial charge in [-0.15, -0.1) is 0 Å². The van der Waals surface area contributed by atoms with E-state index in [9.17, 15) is 4.79 Å². The molecule has 0 amide bonds. The maximum absolute atomic E-state index is 12.2. The SMILES string of the molecule is COc1cc(C(=O)CCCC2CCCCC2)ccc1N. The van der Waals surface area contributed by atoms with Gasteiger partial charge in [0.15, 0.2) is 5.78 Å². The molecule has 20 heavy (non-hydrogen) atoms. The first-order chi connectivity index (χ1) is 9.70. The minimum Gasteiger partial charge on any atom is -0.495 e. The average molecular weight is 275 g/mol. The minimum absolute atomic E-state index is 0.194. The highest BCUT2D eigenvalue weighted by Crippen LogP contribution is 2.28. The maximum Gasteiger partial charge on any atom is 0.163 e. The van der Waals surface area contributed by atoms with Crippen molar-refractivity contribution in [1.29, 1.82) is 0 Å². The van der Waals surface area contributed by atoms with E-state index >= 15 is 0 Å². The fourth-order valence-electron chi connectivity index (χ4n) is 3.06. The van der Waals surface area contributed by atoms with Crippen LogP contribution in [0.2, 0.25) is 0 Å². The molecule has 3 heteroatoms. The highest BCUT2D eigenvalue weighted by molar-refractivity contribution is 5.96. The van der Waals surface area contributed by atoms with E-state index in [-0.39, 0.29) is 5.78 Å². The molecule has 0 radical (unpaired) electrons. The molecule has 0 heterocycles. The zero-order chi connectivity index (χ0) is 14.4. The lowest BCUT2D eigenvalue weighted by Gasteiger charge is -2.21. The first kappa shape index (κ1) is 14.9. The highest BCUT2D eigenvalue weighted by Gasteiger charge is 2.14. The van der Waals surface area contributed by atoms with Crippen LogP contribution in [0.5, 0.6) is 5.75 Å². The molecule has 1 saturated carbocycles. The Bertz CT molecular complexity index is 450. The van der Waals surface area contributed by atoms with Gasteiger partial charge in [0.1, 0.15) is 5.75 Å². The van der Waals surface area contributed by atoms with Crippen LogP contribution in [0, 0.1) is 5.92 Å². The predicted molar refractivity (Wildman–Crippen MR) is 82.2 cm³/mol. The van der Waals surface area contributed by atoms with Crippen LogP contribution in [0.3, 0.4) is 0 Å². The van der Waals surface area contributed by atoms with Gasteiger partial charge in [-0.2, -0.15) is 0 Å². The quantitative estimate of drug-likeness (QED) is 0.625. The Morgan fingerprint density at radius 2 is 2.05 bits per heavy atom. The van der Waals surface area contributed by atoms with Gasteiger partial charge in [0.2, 0.25) is 0 Å². The Balaban J connectivity index is 1.82. The lowest BCUT2D eigenvalue weighted by Crippen LogP contribution is -2.07. The number of nitrogens with two attached hydrogens (primary N) is 1. The van der Waals surface area contributed by atoms with Crippen molar-refractivity contribution in [2.75, 3.05) is 12.8 Å². The largest absolute Gasteiger partial charge is 0.495 e. The Hall–Kier alpha value is -1.51. The van der Waals surface area contributed by atoms with Gasteiger partial charge in [-0.25, -0.2) is 0 Å². The molecule has 0 unspecified atom stereocenters. The third-order valence-corrected chi connectivity index (χ3v) is 4.30. The highest BCUT2D eigenvalue weighted by atomic mass is 16.5. The number of hydrogen-bond acceptors (Lipinski definition) is 3. The van der Waals surface area contributed by atoms with Gasteiger partial charge in [-0.05, 0) is 30.5 Å². The van der Waals surface area contributed by atoms with Crippen LogP contribution in [0.4, 0.5) is 5.69 Å². The molecule has 0 aromatic heterocycles. The van der Waals surface area contributed by atoms with Gasteiger partial charge in [0.25, 0.3) is 0 Å². The second-order valence-corrected chi connectivity index (χ2v) is 5.78. The maximum atomic E-state index is 12.2. The Morgan fingerprint density at radius 1 is 1.30 bits per heavy atom. The number of carbonyl (C=O) groups excluding carboxylic acids is 1. The van der Waals surface area contributed by atoms with E-state index < -0.39 is 0 Å². The number of hydrogen-bond donors (Lipinski definition) is 1. The molecular weight excluding hydrogens is 250 g/mol. The van der Waals surface area contributed by atoms with E-state index in [2.05, 4.69) is 0 Å². The molecule has 1 aromatic carbocycles. The minimum atomic E-state index is 0.194. The van der Waals surface area contributed by atoms with Crippen LogP contribution in [-0.4, -0.2) is 12.9 Å². The summed E-state index contributed by atoms with van der Waals surface area (Å²) in [6.07, 6.45) is 9.65. The fourth-order valence-corrected chi connectivity index (χ4v) is 3.06. The van der Waals surface area contributed by atoms with E-state index in [4.69, 9.17) is 10.5 Å². The number of rotatable bonds is 6. The van der Waals surface area contributed by atoms with E-state index in [1.54, 1.807) is 25.3 Å². The number of benzene rings is 1. The van der Waals surface area contributed by atoms with E-state index in [0.29, 0.717) is 23.4 Å². The van der Waals surface area contributed by atoms with Crippen molar-refractivity contribution in [3.05, 3.63) is 23.8 Å². The van der Waals surface area contributed by atoms with Gasteiger partial charge in [0, 0.05) is 12.0 Å². The average Bonchev–Trinajstić information content (AvgIpc) is 2.48. The van der Waals surface area contributed by atoms with Crippen molar-refractivity contribution in [1.82, 2.24) is 0 Å². The van der Waals surface area contributed by atoms with Crippen LogP contribution >= 0.6 is 0 Å². The molecule has 3 nitrogen and oxygen atoms in total. The number of methoxy groups -OCH3 is 1. The standard InChI is InChI=1S/C17H25NO2/c1-20-17-12-14(10-11-15(17)18)16(19)9-5-8-13-6-3-2-4-7-13/h10-13H,2-9,18H2,1H3. The number of carbonyl (C=O) groups is 1. The summed E-state index contributed by atoms with van der Waals surface area (Å²) in [7, 11) is 1.57. The predicted octanol–water partition coefficient (Wildman–Crippen LogP) is 4.21. The van der Waals surface area contributed by atoms with Crippen LogP contribution < -0.4 is 10.5 Å². The molecule has 2 rings (SSSR count). The number of ketones is 1. The molecule has 1 fully saturated rings. The van der Waals surface area contributed by atoms with E-state index in [1.165, 1.54) is 38.5 Å². The van der Waals surface area contributed by atoms with E-state index in [1.807, 2.05) is 0 Å². The summed E-state index contributed by atoms with van der Waals surface area (Å²) in [6, 6.07) is 5.28. The molecule has 0 bridgehead atoms. The fraction of sp³-hybridized carbons (Fsp3) is 0.588. The molecule has 1 aliphatic rings. The third-order valence-electron chi connectivity index (χ3n) is 4.30. The zero-order valence-electron chi connectivity index (χ0n) is 12.4. The summed E-state index contributed by atoms with van der Waals surface area (Å²) in [5, 5.41) is 0. The number of nitrogen functional groups attached to an aromatic ring is 1. The lowest BCUT2D eigenvalue weighted by molar-refractivity contribution is 0.0976. The summed E-state index contributed by atoms with van der Waals surface area (Å²) < 4.78 is 5.16. The number of ether oxygens (including phenoxy) is 1. The smallest absolute Gasteiger partial charge is 0.163 e. The summed E-state index contributed by atoms with van der Waals surface area (Å²) in [4.78, 5) is 12.2. The van der Waals surface area contributed by atoms with Crippen LogP contribution in [0.1, 0.15) is 61.7 Å². The van der Waals surface area contributed by atoms with Gasteiger partial charge in [-0.1, -0.05) is 38.5 Å². The van der Waals surface area contributed by atoms with Crippen LogP contribution in [0.15, 0.2) is 18.2 Å². The molecule has 2 N–H and O–H groups in total. The first-order valence-corrected chi connectivity index (χ1v) is 7.67. The summed E-state index contributed by atoms with van der Waals surface area (Å²) in [5.74, 6) is 1.62. The molecular formula is C17H25NO2. The molecule has 110 valence electrons. The lowest BCUT2D eigenvalue weighted by atomic mass is 9.85. The Kier molecular flexibility index (Phi) is 5.45. The topological polar surface area (TPSA) is 52.3 Å². The molecule has 0 spiro atoms. The van der Waals surface area contributed by atoms with Crippen molar-refractivity contribution in [2.45, 2.75) is 51.4 Å². The van der Waals surface area contributed by atoms with Crippen molar-refractivity contribution < 1.29 is 9.53 Å². The molecule has 0 saturated heterocycles. The van der Waals surface area contributed by atoms with Gasteiger partial charge in [-0.3, -0.25) is 4.79 Å². The molecule has 0 atom stereocenters. The number of anilines is 1. The molecule has 0 aliphatic heterocycles. The summed E-state index contributed by atoms with van der Waals surface area (Å²) in [5.41, 5.74) is 7.04. The van der Waals surface area contributed by atoms with Crippen LogP contribution in [-0.2, 0) is 0 Å². The zero-order valence-corrected chi connectivity index (χ0v) is 12.4. The molecule has 1 aromatic rings. The van der Waals surface area contributed by atoms with Gasteiger partial charge in [0.05, 0.1) is 12.8 Å². The Labute approximate surface area is 121 Å². The van der Waals surface area contributed by atoms with Crippen molar-refractivity contribution in [3.8, 4) is 5.75 Å². The summed E-state index contributed by atoms with van der Waals surface area (Å²) in [6.45, 7) is 0. The number of Topliss-reactive ketones (excluding diaryl/α,β-unsaturated/α-hetero) is 1. The van der Waals surface area contributed by atoms with E-state index in [0.717, 1.165) is 12.3 Å². The van der Waals surface area contributed by atoms with Crippen molar-refractivity contribution in [3.63, 3.8) is 0 Å². The summed E-state index contributed by atoms with van der Waals surface area (Å²) >= 11 is 0. The van der Waals surface area contributed by atoms with Crippen molar-refractivity contribution >= 4 is 11.5 Å². The van der Waals surface area contributed by atoms with Gasteiger partial charge < -0.3 is 10.5 Å². The normalized spacial score (nSPS) is 16.1. The first-order valence-electron chi connectivity index (χ1n) is 7.67. The van der Waals surface area contributed by atoms with Crippen molar-refractivity contribution in [2.24, 2.45) is 5.92 Å². The Morgan fingerprint density at radius 3 is 2.75 bits per heavy atom. The second-order valence-electron chi connectivity index (χ2n) is 5.78. The van der Waals surface area contributed by atoms with Crippen LogP contribution in [0.25, 0.3) is 0 Å². The monoisotopic (exact) mass is 275 g/mol. The van der Waals surface area contributed by atoms with Gasteiger partial charge >= 0.3 is 0 Å².